The fourth-order valence-electron chi connectivity index (χ4n) is 1.66. The molecule has 14 heavy (non-hydrogen) atoms. The molecular formula is C12H17FO. The van der Waals surface area contributed by atoms with Gasteiger partial charge in [0.2, 0.25) is 0 Å². The first-order valence-corrected chi connectivity index (χ1v) is 5.02. The molecule has 78 valence electrons. The van der Waals surface area contributed by atoms with Crippen molar-refractivity contribution in [1.29, 1.82) is 0 Å². The van der Waals surface area contributed by atoms with Crippen molar-refractivity contribution >= 4 is 0 Å². The van der Waals surface area contributed by atoms with Crippen molar-refractivity contribution in [3.8, 4) is 0 Å². The van der Waals surface area contributed by atoms with Gasteiger partial charge < -0.3 is 5.11 Å². The smallest absolute Gasteiger partial charge is 0.123 e. The summed E-state index contributed by atoms with van der Waals surface area (Å²) in [5.74, 6) is -0.277. The highest BCUT2D eigenvalue weighted by molar-refractivity contribution is 5.28. The zero-order valence-electron chi connectivity index (χ0n) is 8.97. The summed E-state index contributed by atoms with van der Waals surface area (Å²) in [6, 6.07) is 4.73. The SMILES string of the molecule is CCC(O)(CC)c1cc(C)cc(F)c1. The molecule has 0 aliphatic carbocycles. The Morgan fingerprint density at radius 3 is 2.21 bits per heavy atom. The predicted octanol–water partition coefficient (Wildman–Crippen LogP) is 3.14. The first-order valence-electron chi connectivity index (χ1n) is 5.02. The van der Waals surface area contributed by atoms with E-state index in [9.17, 15) is 9.50 Å². The molecule has 0 aliphatic rings. The molecule has 2 heteroatoms. The van der Waals surface area contributed by atoms with Crippen molar-refractivity contribution < 1.29 is 9.50 Å². The van der Waals surface area contributed by atoms with E-state index >= 15 is 0 Å². The van der Waals surface area contributed by atoms with Gasteiger partial charge in [-0.2, -0.15) is 0 Å². The maximum Gasteiger partial charge on any atom is 0.123 e. The Labute approximate surface area is 84.6 Å². The van der Waals surface area contributed by atoms with E-state index in [0.717, 1.165) is 5.56 Å². The maximum absolute atomic E-state index is 13.1. The van der Waals surface area contributed by atoms with Crippen molar-refractivity contribution in [2.24, 2.45) is 0 Å². The molecule has 0 bridgehead atoms. The zero-order chi connectivity index (χ0) is 10.8. The van der Waals surface area contributed by atoms with Crippen molar-refractivity contribution in [2.75, 3.05) is 0 Å². The Morgan fingerprint density at radius 1 is 1.21 bits per heavy atom. The summed E-state index contributed by atoms with van der Waals surface area (Å²) in [7, 11) is 0. The predicted molar refractivity (Wildman–Crippen MR) is 55.6 cm³/mol. The molecule has 1 rings (SSSR count). The van der Waals surface area contributed by atoms with Crippen LogP contribution in [0.1, 0.15) is 37.8 Å². The molecule has 1 nitrogen and oxygen atoms in total. The molecule has 0 unspecified atom stereocenters. The molecule has 0 atom stereocenters. The molecule has 0 saturated heterocycles. The van der Waals surface area contributed by atoms with Gasteiger partial charge in [0.15, 0.2) is 0 Å². The molecule has 0 radical (unpaired) electrons. The zero-order valence-corrected chi connectivity index (χ0v) is 8.97. The van der Waals surface area contributed by atoms with E-state index in [-0.39, 0.29) is 5.82 Å². The van der Waals surface area contributed by atoms with Crippen LogP contribution in [0, 0.1) is 12.7 Å². The molecule has 1 N–H and O–H groups in total. The standard InChI is InChI=1S/C12H17FO/c1-4-12(14,5-2)10-6-9(3)7-11(13)8-10/h6-8,14H,4-5H2,1-3H3. The summed E-state index contributed by atoms with van der Waals surface area (Å²) >= 11 is 0. The summed E-state index contributed by atoms with van der Waals surface area (Å²) in [5.41, 5.74) is 0.646. The Bertz CT molecular complexity index is 296. The summed E-state index contributed by atoms with van der Waals surface area (Å²) in [6.45, 7) is 5.64. The second-order valence-corrected chi connectivity index (χ2v) is 3.76. The Balaban J connectivity index is 3.17. The van der Waals surface area contributed by atoms with Crippen LogP contribution < -0.4 is 0 Å². The number of hydrogen-bond acceptors (Lipinski definition) is 1. The van der Waals surface area contributed by atoms with Crippen molar-refractivity contribution in [2.45, 2.75) is 39.2 Å². The Kier molecular flexibility index (Phi) is 3.27. The fraction of sp³-hybridized carbons (Fsp3) is 0.500. The van der Waals surface area contributed by atoms with Crippen molar-refractivity contribution in [1.82, 2.24) is 0 Å². The average molecular weight is 196 g/mol. The van der Waals surface area contributed by atoms with Crippen LogP contribution in [-0.4, -0.2) is 5.11 Å². The van der Waals surface area contributed by atoms with Gasteiger partial charge in [-0.15, -0.1) is 0 Å². The average Bonchev–Trinajstić information content (AvgIpc) is 2.15. The molecule has 0 spiro atoms. The normalized spacial score (nSPS) is 11.8. The number of aryl methyl sites for hydroxylation is 1. The summed E-state index contributed by atoms with van der Waals surface area (Å²) in [4.78, 5) is 0. The van der Waals surface area contributed by atoms with Gasteiger partial charge in [0.1, 0.15) is 5.82 Å². The molecule has 1 aromatic carbocycles. The third-order valence-corrected chi connectivity index (χ3v) is 2.75. The van der Waals surface area contributed by atoms with Crippen LogP contribution in [0.25, 0.3) is 0 Å². The van der Waals surface area contributed by atoms with Crippen LogP contribution in [0.2, 0.25) is 0 Å². The summed E-state index contributed by atoms with van der Waals surface area (Å²) in [6.07, 6.45) is 1.21. The van der Waals surface area contributed by atoms with E-state index < -0.39 is 5.60 Å². The number of hydrogen-bond donors (Lipinski definition) is 1. The lowest BCUT2D eigenvalue weighted by molar-refractivity contribution is 0.0280. The van der Waals surface area contributed by atoms with Gasteiger partial charge in [-0.1, -0.05) is 19.9 Å². The van der Waals surface area contributed by atoms with E-state index in [2.05, 4.69) is 0 Å². The second-order valence-electron chi connectivity index (χ2n) is 3.76. The van der Waals surface area contributed by atoms with Gasteiger partial charge in [0, 0.05) is 0 Å². The lowest BCUT2D eigenvalue weighted by atomic mass is 9.88. The lowest BCUT2D eigenvalue weighted by Crippen LogP contribution is -2.23. The highest BCUT2D eigenvalue weighted by Gasteiger charge is 2.25. The van der Waals surface area contributed by atoms with Crippen molar-refractivity contribution in [3.63, 3.8) is 0 Å². The summed E-state index contributed by atoms with van der Waals surface area (Å²) in [5, 5.41) is 10.2. The molecular weight excluding hydrogens is 179 g/mol. The summed E-state index contributed by atoms with van der Waals surface area (Å²) < 4.78 is 13.1. The lowest BCUT2D eigenvalue weighted by Gasteiger charge is -2.26. The number of rotatable bonds is 3. The van der Waals surface area contributed by atoms with E-state index in [4.69, 9.17) is 0 Å². The topological polar surface area (TPSA) is 20.2 Å². The van der Waals surface area contributed by atoms with Gasteiger partial charge in [0.25, 0.3) is 0 Å². The number of benzene rings is 1. The van der Waals surface area contributed by atoms with Gasteiger partial charge in [-0.25, -0.2) is 4.39 Å². The van der Waals surface area contributed by atoms with Gasteiger partial charge in [-0.05, 0) is 43.0 Å². The highest BCUT2D eigenvalue weighted by Crippen LogP contribution is 2.29. The molecule has 0 fully saturated rings. The van der Waals surface area contributed by atoms with Crippen LogP contribution in [0.4, 0.5) is 4.39 Å². The molecule has 0 amide bonds. The minimum Gasteiger partial charge on any atom is -0.385 e. The molecule has 0 aliphatic heterocycles. The van der Waals surface area contributed by atoms with Crippen LogP contribution in [0.15, 0.2) is 18.2 Å². The molecule has 0 heterocycles. The number of aliphatic hydroxyl groups is 1. The molecule has 1 aromatic rings. The van der Waals surface area contributed by atoms with Crippen LogP contribution in [-0.2, 0) is 5.60 Å². The van der Waals surface area contributed by atoms with Crippen LogP contribution in [0.3, 0.4) is 0 Å². The quantitative estimate of drug-likeness (QED) is 0.787. The van der Waals surface area contributed by atoms with E-state index in [0.29, 0.717) is 18.4 Å². The van der Waals surface area contributed by atoms with Crippen LogP contribution in [0.5, 0.6) is 0 Å². The monoisotopic (exact) mass is 196 g/mol. The molecule has 0 aromatic heterocycles. The largest absolute Gasteiger partial charge is 0.385 e. The van der Waals surface area contributed by atoms with E-state index in [1.807, 2.05) is 26.8 Å². The number of halogens is 1. The fourth-order valence-corrected chi connectivity index (χ4v) is 1.66. The van der Waals surface area contributed by atoms with Gasteiger partial charge >= 0.3 is 0 Å². The Morgan fingerprint density at radius 2 is 1.79 bits per heavy atom. The second kappa shape index (κ2) is 4.09. The van der Waals surface area contributed by atoms with Gasteiger partial charge in [-0.3, -0.25) is 0 Å². The first kappa shape index (κ1) is 11.2. The Hall–Kier alpha value is -0.890. The maximum atomic E-state index is 13.1. The van der Waals surface area contributed by atoms with Crippen LogP contribution >= 0.6 is 0 Å². The third kappa shape index (κ3) is 2.13. The highest BCUT2D eigenvalue weighted by atomic mass is 19.1. The molecule has 0 saturated carbocycles. The minimum atomic E-state index is -0.882. The van der Waals surface area contributed by atoms with Gasteiger partial charge in [0.05, 0.1) is 5.60 Å². The van der Waals surface area contributed by atoms with E-state index in [1.54, 1.807) is 0 Å². The van der Waals surface area contributed by atoms with Crippen molar-refractivity contribution in [3.05, 3.63) is 35.1 Å². The third-order valence-electron chi connectivity index (χ3n) is 2.75. The minimum absolute atomic E-state index is 0.277. The van der Waals surface area contributed by atoms with E-state index in [1.165, 1.54) is 12.1 Å². The first-order chi connectivity index (χ1) is 6.51.